The van der Waals surface area contributed by atoms with Crippen LogP contribution in [0.3, 0.4) is 0 Å². The maximum Gasteiger partial charge on any atom is 0.0102 e. The smallest absolute Gasteiger partial charge is 0.0102 e. The molecule has 0 amide bonds. The van der Waals surface area contributed by atoms with Crippen LogP contribution < -0.4 is 0 Å². The van der Waals surface area contributed by atoms with E-state index in [2.05, 4.69) is 52.2 Å². The molecule has 1 aliphatic carbocycles. The third kappa shape index (κ3) is 3.59. The van der Waals surface area contributed by atoms with Crippen molar-refractivity contribution >= 4 is 0 Å². The summed E-state index contributed by atoms with van der Waals surface area (Å²) < 4.78 is 0. The van der Waals surface area contributed by atoms with E-state index in [0.29, 0.717) is 0 Å². The van der Waals surface area contributed by atoms with Crippen LogP contribution in [0, 0.1) is 5.41 Å². The SMILES string of the molecule is C=C(C)/C=C\C(=C)C(C)(C)C1=CC=C(C)CC1. The molecule has 0 saturated carbocycles. The number of hydrogen-bond acceptors (Lipinski definition) is 0. The molecule has 0 fully saturated rings. The van der Waals surface area contributed by atoms with E-state index in [4.69, 9.17) is 0 Å². The summed E-state index contributed by atoms with van der Waals surface area (Å²) in [6.45, 7) is 16.8. The second-order valence-electron chi connectivity index (χ2n) is 5.53. The monoisotopic (exact) mass is 228 g/mol. The molecule has 0 aromatic heterocycles. The van der Waals surface area contributed by atoms with Gasteiger partial charge in [0.05, 0.1) is 0 Å². The molecule has 17 heavy (non-hydrogen) atoms. The summed E-state index contributed by atoms with van der Waals surface area (Å²) in [6.07, 6.45) is 10.9. The van der Waals surface area contributed by atoms with Crippen LogP contribution >= 0.6 is 0 Å². The Morgan fingerprint density at radius 1 is 1.18 bits per heavy atom. The molecule has 0 nitrogen and oxygen atoms in total. The van der Waals surface area contributed by atoms with Gasteiger partial charge in [0.25, 0.3) is 0 Å². The van der Waals surface area contributed by atoms with Crippen LogP contribution in [-0.4, -0.2) is 0 Å². The Morgan fingerprint density at radius 3 is 2.29 bits per heavy atom. The molecule has 0 N–H and O–H groups in total. The fraction of sp³-hybridized carbons (Fsp3) is 0.412. The van der Waals surface area contributed by atoms with Crippen molar-refractivity contribution in [2.24, 2.45) is 5.41 Å². The first-order valence-corrected chi connectivity index (χ1v) is 6.24. The molecule has 0 aliphatic heterocycles. The lowest BCUT2D eigenvalue weighted by Crippen LogP contribution is -2.17. The van der Waals surface area contributed by atoms with E-state index in [0.717, 1.165) is 17.6 Å². The minimum absolute atomic E-state index is 0.0448. The molecule has 0 radical (unpaired) electrons. The highest BCUT2D eigenvalue weighted by atomic mass is 14.3. The van der Waals surface area contributed by atoms with Crippen LogP contribution in [0.2, 0.25) is 0 Å². The Kier molecular flexibility index (Phi) is 4.34. The van der Waals surface area contributed by atoms with Gasteiger partial charge in [0.1, 0.15) is 0 Å². The van der Waals surface area contributed by atoms with Crippen LogP contribution in [0.4, 0.5) is 0 Å². The zero-order valence-corrected chi connectivity index (χ0v) is 11.6. The fourth-order valence-electron chi connectivity index (χ4n) is 1.92. The first-order chi connectivity index (χ1) is 7.84. The molecule has 1 aliphatic rings. The second kappa shape index (κ2) is 5.35. The highest BCUT2D eigenvalue weighted by Crippen LogP contribution is 2.39. The average Bonchev–Trinajstić information content (AvgIpc) is 2.26. The summed E-state index contributed by atoms with van der Waals surface area (Å²) in [4.78, 5) is 0. The van der Waals surface area contributed by atoms with E-state index in [1.807, 2.05) is 13.0 Å². The first-order valence-electron chi connectivity index (χ1n) is 6.24. The molecule has 0 atom stereocenters. The Labute approximate surface area is 106 Å². The van der Waals surface area contributed by atoms with Gasteiger partial charge in [-0.05, 0) is 32.3 Å². The molecule has 92 valence electrons. The van der Waals surface area contributed by atoms with E-state index < -0.39 is 0 Å². The lowest BCUT2D eigenvalue weighted by molar-refractivity contribution is 0.524. The summed E-state index contributed by atoms with van der Waals surface area (Å²) in [7, 11) is 0. The van der Waals surface area contributed by atoms with Crippen molar-refractivity contribution in [3.05, 3.63) is 59.8 Å². The molecule has 0 aromatic carbocycles. The van der Waals surface area contributed by atoms with Crippen molar-refractivity contribution in [1.82, 2.24) is 0 Å². The van der Waals surface area contributed by atoms with E-state index in [-0.39, 0.29) is 5.41 Å². The Morgan fingerprint density at radius 2 is 1.82 bits per heavy atom. The van der Waals surface area contributed by atoms with Crippen molar-refractivity contribution in [3.63, 3.8) is 0 Å². The zero-order valence-electron chi connectivity index (χ0n) is 11.6. The number of rotatable bonds is 4. The van der Waals surface area contributed by atoms with Gasteiger partial charge in [-0.2, -0.15) is 0 Å². The molecular weight excluding hydrogens is 204 g/mol. The van der Waals surface area contributed by atoms with Crippen molar-refractivity contribution in [1.29, 1.82) is 0 Å². The normalized spacial score (nSPS) is 16.7. The van der Waals surface area contributed by atoms with Crippen molar-refractivity contribution in [3.8, 4) is 0 Å². The largest absolute Gasteiger partial charge is 0.0961 e. The molecule has 0 bridgehead atoms. The molecule has 0 unspecified atom stereocenters. The van der Waals surface area contributed by atoms with Gasteiger partial charge in [0.15, 0.2) is 0 Å². The van der Waals surface area contributed by atoms with E-state index in [1.165, 1.54) is 17.6 Å². The third-order valence-electron chi connectivity index (χ3n) is 3.53. The van der Waals surface area contributed by atoms with Gasteiger partial charge < -0.3 is 0 Å². The second-order valence-corrected chi connectivity index (χ2v) is 5.53. The first kappa shape index (κ1) is 13.8. The van der Waals surface area contributed by atoms with Gasteiger partial charge in [-0.25, -0.2) is 0 Å². The van der Waals surface area contributed by atoms with E-state index in [9.17, 15) is 0 Å². The maximum atomic E-state index is 4.20. The predicted molar refractivity (Wildman–Crippen MR) is 77.9 cm³/mol. The zero-order chi connectivity index (χ0) is 13.1. The number of allylic oxidation sites excluding steroid dienone is 8. The van der Waals surface area contributed by atoms with Crippen molar-refractivity contribution < 1.29 is 0 Å². The van der Waals surface area contributed by atoms with Gasteiger partial charge in [0.2, 0.25) is 0 Å². The van der Waals surface area contributed by atoms with Crippen LogP contribution in [0.25, 0.3) is 0 Å². The molecule has 0 aromatic rings. The highest BCUT2D eigenvalue weighted by molar-refractivity contribution is 5.38. The van der Waals surface area contributed by atoms with Gasteiger partial charge in [-0.3, -0.25) is 0 Å². The molecule has 1 rings (SSSR count). The van der Waals surface area contributed by atoms with Gasteiger partial charge in [-0.15, -0.1) is 0 Å². The topological polar surface area (TPSA) is 0 Å². The minimum atomic E-state index is 0.0448. The highest BCUT2D eigenvalue weighted by Gasteiger charge is 2.25. The molecule has 0 heterocycles. The average molecular weight is 228 g/mol. The third-order valence-corrected chi connectivity index (χ3v) is 3.53. The van der Waals surface area contributed by atoms with Gasteiger partial charge in [0, 0.05) is 5.41 Å². The number of hydrogen-bond donors (Lipinski definition) is 0. The summed E-state index contributed by atoms with van der Waals surface area (Å²) in [5, 5.41) is 0. The summed E-state index contributed by atoms with van der Waals surface area (Å²) in [5.41, 5.74) is 5.20. The van der Waals surface area contributed by atoms with Gasteiger partial charge in [-0.1, -0.05) is 68.0 Å². The van der Waals surface area contributed by atoms with Gasteiger partial charge >= 0.3 is 0 Å². The van der Waals surface area contributed by atoms with Crippen LogP contribution in [-0.2, 0) is 0 Å². The lowest BCUT2D eigenvalue weighted by atomic mass is 9.74. The molecular formula is C17H24. The van der Waals surface area contributed by atoms with Crippen molar-refractivity contribution in [2.45, 2.75) is 40.5 Å². The van der Waals surface area contributed by atoms with E-state index >= 15 is 0 Å². The molecule has 0 spiro atoms. The minimum Gasteiger partial charge on any atom is -0.0961 e. The summed E-state index contributed by atoms with van der Waals surface area (Å²) in [5.74, 6) is 0. The van der Waals surface area contributed by atoms with Crippen LogP contribution in [0.5, 0.6) is 0 Å². The quantitative estimate of drug-likeness (QED) is 0.568. The summed E-state index contributed by atoms with van der Waals surface area (Å²) in [6, 6.07) is 0. The van der Waals surface area contributed by atoms with Crippen LogP contribution in [0.1, 0.15) is 40.5 Å². The predicted octanol–water partition coefficient (Wildman–Crippen LogP) is 5.37. The Balaban J connectivity index is 2.88. The molecule has 0 saturated heterocycles. The van der Waals surface area contributed by atoms with E-state index in [1.54, 1.807) is 0 Å². The Bertz CT molecular complexity index is 411. The van der Waals surface area contributed by atoms with Crippen molar-refractivity contribution in [2.75, 3.05) is 0 Å². The standard InChI is InChI=1S/C17H24/c1-13(2)7-10-15(4)17(5,6)16-11-8-14(3)9-12-16/h7-8,10-11H,1,4,9,12H2,2-3,5-6H3/b10-7-. The lowest BCUT2D eigenvalue weighted by Gasteiger charge is -2.31. The fourth-order valence-corrected chi connectivity index (χ4v) is 1.92. The maximum absolute atomic E-state index is 4.20. The van der Waals surface area contributed by atoms with Crippen LogP contribution in [0.15, 0.2) is 59.8 Å². The molecule has 0 heteroatoms. The summed E-state index contributed by atoms with van der Waals surface area (Å²) >= 11 is 0. The Hall–Kier alpha value is -1.30.